The molecule has 88 valence electrons. The summed E-state index contributed by atoms with van der Waals surface area (Å²) in [5.41, 5.74) is 2.51. The average molecular weight is 227 g/mol. The largest absolute Gasteiger partial charge is 0.235 e. The standard InChI is InChI=1S/C15H17NO/c17-11-16-15(9-10-15)14-8-4-3-7-13(14)12-5-1-2-6-12/h3-4,7-8,12H,1-2,5-6,9-10H2. The Bertz CT molecular complexity index is 464. The predicted molar refractivity (Wildman–Crippen MR) is 66.7 cm³/mol. The van der Waals surface area contributed by atoms with E-state index in [0.29, 0.717) is 5.92 Å². The first-order valence-electron chi connectivity index (χ1n) is 6.54. The molecule has 0 aromatic heterocycles. The summed E-state index contributed by atoms with van der Waals surface area (Å²) in [7, 11) is 0. The molecule has 1 aromatic rings. The number of benzene rings is 1. The fourth-order valence-corrected chi connectivity index (χ4v) is 3.16. The summed E-state index contributed by atoms with van der Waals surface area (Å²) in [6, 6.07) is 8.55. The highest BCUT2D eigenvalue weighted by atomic mass is 16.1. The maximum atomic E-state index is 10.6. The summed E-state index contributed by atoms with van der Waals surface area (Å²) in [4.78, 5) is 14.6. The van der Waals surface area contributed by atoms with Gasteiger partial charge in [0, 0.05) is 0 Å². The van der Waals surface area contributed by atoms with E-state index < -0.39 is 0 Å². The first kappa shape index (κ1) is 10.7. The van der Waals surface area contributed by atoms with Crippen LogP contribution in [0.15, 0.2) is 29.3 Å². The van der Waals surface area contributed by atoms with Gasteiger partial charge in [0.2, 0.25) is 6.08 Å². The van der Waals surface area contributed by atoms with Gasteiger partial charge in [0.1, 0.15) is 0 Å². The average Bonchev–Trinajstić information content (AvgIpc) is 2.94. The SMILES string of the molecule is O=C=NC1(c2ccccc2C2CCCC2)CC1. The molecule has 2 nitrogen and oxygen atoms in total. The number of carbonyl (C=O) groups excluding carboxylic acids is 1. The molecule has 0 atom stereocenters. The second-order valence-electron chi connectivity index (χ2n) is 5.30. The Labute approximate surface area is 102 Å². The van der Waals surface area contributed by atoms with Crippen LogP contribution in [0.25, 0.3) is 0 Å². The molecule has 17 heavy (non-hydrogen) atoms. The van der Waals surface area contributed by atoms with Gasteiger partial charge in [-0.2, -0.15) is 4.99 Å². The molecule has 0 aliphatic heterocycles. The molecule has 0 bridgehead atoms. The molecular weight excluding hydrogens is 210 g/mol. The Balaban J connectivity index is 2.01. The van der Waals surface area contributed by atoms with E-state index in [1.54, 1.807) is 6.08 Å². The summed E-state index contributed by atoms with van der Waals surface area (Å²) in [5, 5.41) is 0. The summed E-state index contributed by atoms with van der Waals surface area (Å²) >= 11 is 0. The van der Waals surface area contributed by atoms with Gasteiger partial charge in [0.15, 0.2) is 0 Å². The molecule has 2 fully saturated rings. The van der Waals surface area contributed by atoms with Crippen LogP contribution in [0.3, 0.4) is 0 Å². The Kier molecular flexibility index (Phi) is 2.60. The molecular formula is C15H17NO. The lowest BCUT2D eigenvalue weighted by atomic mass is 9.88. The summed E-state index contributed by atoms with van der Waals surface area (Å²) in [6.07, 6.45) is 9.03. The molecule has 0 unspecified atom stereocenters. The van der Waals surface area contributed by atoms with Crippen molar-refractivity contribution in [3.63, 3.8) is 0 Å². The fourth-order valence-electron chi connectivity index (χ4n) is 3.16. The lowest BCUT2D eigenvalue weighted by Crippen LogP contribution is -2.08. The fraction of sp³-hybridized carbons (Fsp3) is 0.533. The molecule has 1 aromatic carbocycles. The maximum Gasteiger partial charge on any atom is 0.235 e. The Morgan fingerprint density at radius 1 is 1.18 bits per heavy atom. The summed E-state index contributed by atoms with van der Waals surface area (Å²) in [6.45, 7) is 0. The van der Waals surface area contributed by atoms with E-state index in [2.05, 4.69) is 29.3 Å². The zero-order chi connectivity index (χ0) is 11.7. The lowest BCUT2D eigenvalue weighted by Gasteiger charge is -2.18. The monoisotopic (exact) mass is 227 g/mol. The van der Waals surface area contributed by atoms with Crippen LogP contribution in [0.2, 0.25) is 0 Å². The third-order valence-corrected chi connectivity index (χ3v) is 4.24. The molecule has 2 aliphatic rings. The molecule has 2 saturated carbocycles. The quantitative estimate of drug-likeness (QED) is 0.572. The zero-order valence-electron chi connectivity index (χ0n) is 9.98. The van der Waals surface area contributed by atoms with Crippen molar-refractivity contribution in [1.82, 2.24) is 0 Å². The minimum absolute atomic E-state index is 0.207. The molecule has 3 rings (SSSR count). The van der Waals surface area contributed by atoms with Crippen LogP contribution in [0.1, 0.15) is 55.6 Å². The van der Waals surface area contributed by atoms with Crippen LogP contribution in [0.4, 0.5) is 0 Å². The van der Waals surface area contributed by atoms with Gasteiger partial charge in [-0.3, -0.25) is 0 Å². The molecule has 2 aliphatic carbocycles. The maximum absolute atomic E-state index is 10.6. The van der Waals surface area contributed by atoms with E-state index in [1.165, 1.54) is 36.8 Å². The van der Waals surface area contributed by atoms with Gasteiger partial charge < -0.3 is 0 Å². The van der Waals surface area contributed by atoms with Crippen molar-refractivity contribution in [2.75, 3.05) is 0 Å². The third-order valence-electron chi connectivity index (χ3n) is 4.24. The van der Waals surface area contributed by atoms with Crippen LogP contribution in [0.5, 0.6) is 0 Å². The van der Waals surface area contributed by atoms with Gasteiger partial charge in [-0.05, 0) is 42.7 Å². The van der Waals surface area contributed by atoms with Gasteiger partial charge in [-0.1, -0.05) is 37.1 Å². The molecule has 0 heterocycles. The second kappa shape index (κ2) is 4.12. The molecule has 0 N–H and O–H groups in total. The minimum atomic E-state index is -0.207. The van der Waals surface area contributed by atoms with Crippen molar-refractivity contribution >= 4 is 6.08 Å². The molecule has 0 saturated heterocycles. The molecule has 0 amide bonds. The molecule has 2 heteroatoms. The van der Waals surface area contributed by atoms with Crippen molar-refractivity contribution < 1.29 is 4.79 Å². The van der Waals surface area contributed by atoms with Gasteiger partial charge in [0.25, 0.3) is 0 Å². The number of rotatable bonds is 3. The van der Waals surface area contributed by atoms with E-state index in [1.807, 2.05) is 0 Å². The Hall–Kier alpha value is -1.40. The van der Waals surface area contributed by atoms with Crippen LogP contribution in [-0.2, 0) is 10.3 Å². The van der Waals surface area contributed by atoms with Gasteiger partial charge in [0.05, 0.1) is 5.54 Å². The highest BCUT2D eigenvalue weighted by Crippen LogP contribution is 2.52. The number of isocyanates is 1. The van der Waals surface area contributed by atoms with Crippen molar-refractivity contribution in [3.05, 3.63) is 35.4 Å². The predicted octanol–water partition coefficient (Wildman–Crippen LogP) is 3.67. The van der Waals surface area contributed by atoms with E-state index in [4.69, 9.17) is 0 Å². The van der Waals surface area contributed by atoms with Crippen molar-refractivity contribution in [3.8, 4) is 0 Å². The minimum Gasteiger partial charge on any atom is -0.211 e. The highest BCUT2D eigenvalue weighted by molar-refractivity contribution is 5.45. The zero-order valence-corrected chi connectivity index (χ0v) is 9.98. The summed E-state index contributed by atoms with van der Waals surface area (Å²) in [5.74, 6) is 0.686. The van der Waals surface area contributed by atoms with Crippen LogP contribution in [0, 0.1) is 0 Å². The number of hydrogen-bond acceptors (Lipinski definition) is 2. The first-order chi connectivity index (χ1) is 8.36. The van der Waals surface area contributed by atoms with E-state index in [9.17, 15) is 4.79 Å². The van der Waals surface area contributed by atoms with Crippen molar-refractivity contribution in [1.29, 1.82) is 0 Å². The smallest absolute Gasteiger partial charge is 0.211 e. The molecule has 0 radical (unpaired) electrons. The summed E-state index contributed by atoms with van der Waals surface area (Å²) < 4.78 is 0. The van der Waals surface area contributed by atoms with E-state index >= 15 is 0 Å². The van der Waals surface area contributed by atoms with E-state index in [-0.39, 0.29) is 5.54 Å². The topological polar surface area (TPSA) is 29.4 Å². The third kappa shape index (κ3) is 1.83. The van der Waals surface area contributed by atoms with Crippen molar-refractivity contribution in [2.24, 2.45) is 4.99 Å². The van der Waals surface area contributed by atoms with Crippen LogP contribution in [-0.4, -0.2) is 6.08 Å². The number of nitrogens with zero attached hydrogens (tertiary/aromatic N) is 1. The first-order valence-corrected chi connectivity index (χ1v) is 6.54. The Morgan fingerprint density at radius 2 is 1.88 bits per heavy atom. The highest BCUT2D eigenvalue weighted by Gasteiger charge is 2.46. The van der Waals surface area contributed by atoms with Gasteiger partial charge in [-0.25, -0.2) is 4.79 Å². The number of hydrogen-bond donors (Lipinski definition) is 0. The van der Waals surface area contributed by atoms with Gasteiger partial charge >= 0.3 is 0 Å². The van der Waals surface area contributed by atoms with Gasteiger partial charge in [-0.15, -0.1) is 0 Å². The van der Waals surface area contributed by atoms with E-state index in [0.717, 1.165) is 12.8 Å². The van der Waals surface area contributed by atoms with Crippen molar-refractivity contribution in [2.45, 2.75) is 50.0 Å². The second-order valence-corrected chi connectivity index (χ2v) is 5.30. The lowest BCUT2D eigenvalue weighted by molar-refractivity contribution is 0.555. The number of aliphatic imine (C=N–C) groups is 1. The van der Waals surface area contributed by atoms with Crippen LogP contribution >= 0.6 is 0 Å². The van der Waals surface area contributed by atoms with Crippen LogP contribution < -0.4 is 0 Å². The Morgan fingerprint density at radius 3 is 2.53 bits per heavy atom. The normalized spacial score (nSPS) is 22.1. The molecule has 0 spiro atoms.